The number of hydrogen-bond acceptors (Lipinski definition) is 4. The van der Waals surface area contributed by atoms with Crippen molar-refractivity contribution in [1.29, 1.82) is 0 Å². The van der Waals surface area contributed by atoms with Crippen molar-refractivity contribution in [2.75, 3.05) is 6.61 Å². The van der Waals surface area contributed by atoms with Crippen molar-refractivity contribution in [1.82, 2.24) is 15.0 Å². The minimum atomic E-state index is -0.166. The topological polar surface area (TPSA) is 57.0 Å². The van der Waals surface area contributed by atoms with Gasteiger partial charge < -0.3 is 4.74 Å². The van der Waals surface area contributed by atoms with Crippen LogP contribution >= 0.6 is 0 Å². The molecule has 1 unspecified atom stereocenters. The van der Waals surface area contributed by atoms with Gasteiger partial charge in [0.1, 0.15) is 11.0 Å². The summed E-state index contributed by atoms with van der Waals surface area (Å²) in [5.41, 5.74) is 1.75. The molecular weight excluding hydrogens is 230 g/mol. The molecule has 0 amide bonds. The van der Waals surface area contributed by atoms with E-state index >= 15 is 0 Å². The Bertz CT molecular complexity index is 503. The first kappa shape index (κ1) is 12.5. The summed E-state index contributed by atoms with van der Waals surface area (Å²) in [6.07, 6.45) is 1.08. The summed E-state index contributed by atoms with van der Waals surface area (Å²) in [4.78, 5) is 12.9. The minimum Gasteiger partial charge on any atom is -0.466 e. The molecule has 0 saturated carbocycles. The summed E-state index contributed by atoms with van der Waals surface area (Å²) in [5, 5.41) is 8.78. The number of ether oxygens (including phenoxy) is 1. The summed E-state index contributed by atoms with van der Waals surface area (Å²) < 4.78 is 4.90. The molecule has 0 fully saturated rings. The molecule has 1 heterocycles. The van der Waals surface area contributed by atoms with E-state index in [0.717, 1.165) is 11.0 Å². The summed E-state index contributed by atoms with van der Waals surface area (Å²) in [6.45, 7) is 4.23. The number of fused-ring (bicyclic) bond motifs is 1. The van der Waals surface area contributed by atoms with Crippen molar-refractivity contribution < 1.29 is 9.53 Å². The summed E-state index contributed by atoms with van der Waals surface area (Å²) in [5.74, 6) is -0.166. The Hall–Kier alpha value is -1.91. The van der Waals surface area contributed by atoms with Crippen LogP contribution in [-0.2, 0) is 9.53 Å². The summed E-state index contributed by atoms with van der Waals surface area (Å²) >= 11 is 0. The van der Waals surface area contributed by atoms with Gasteiger partial charge in [0.2, 0.25) is 0 Å². The second kappa shape index (κ2) is 5.62. The molecule has 2 aromatic rings. The normalized spacial score (nSPS) is 12.6. The molecule has 1 aromatic carbocycles. The molecule has 0 spiro atoms. The van der Waals surface area contributed by atoms with Crippen molar-refractivity contribution in [3.63, 3.8) is 0 Å². The highest BCUT2D eigenvalue weighted by molar-refractivity contribution is 5.73. The minimum absolute atomic E-state index is 0.0850. The molecule has 0 bridgehead atoms. The maximum absolute atomic E-state index is 11.3. The molecule has 18 heavy (non-hydrogen) atoms. The first-order chi connectivity index (χ1) is 8.70. The fourth-order valence-corrected chi connectivity index (χ4v) is 1.75. The predicted molar refractivity (Wildman–Crippen MR) is 68.1 cm³/mol. The van der Waals surface area contributed by atoms with Crippen LogP contribution < -0.4 is 0 Å². The van der Waals surface area contributed by atoms with Gasteiger partial charge in [-0.3, -0.25) is 4.79 Å². The summed E-state index contributed by atoms with van der Waals surface area (Å²) in [7, 11) is 0. The van der Waals surface area contributed by atoms with Crippen LogP contribution in [0.4, 0.5) is 0 Å². The first-order valence-electron chi connectivity index (χ1n) is 6.18. The Morgan fingerprint density at radius 3 is 2.50 bits per heavy atom. The van der Waals surface area contributed by atoms with Crippen molar-refractivity contribution in [2.24, 2.45) is 0 Å². The van der Waals surface area contributed by atoms with Gasteiger partial charge in [-0.1, -0.05) is 12.1 Å². The van der Waals surface area contributed by atoms with E-state index in [1.54, 1.807) is 4.80 Å². The Balaban J connectivity index is 2.00. The Morgan fingerprint density at radius 1 is 1.33 bits per heavy atom. The van der Waals surface area contributed by atoms with Gasteiger partial charge >= 0.3 is 5.97 Å². The number of carbonyl (C=O) groups excluding carboxylic acids is 1. The molecule has 0 aliphatic carbocycles. The SMILES string of the molecule is CCOC(=O)CCC(C)n1nc2ccccc2n1. The lowest BCUT2D eigenvalue weighted by atomic mass is 10.2. The number of rotatable bonds is 5. The third kappa shape index (κ3) is 2.85. The highest BCUT2D eigenvalue weighted by atomic mass is 16.5. The van der Waals surface area contributed by atoms with E-state index in [1.165, 1.54) is 0 Å². The van der Waals surface area contributed by atoms with E-state index in [9.17, 15) is 4.79 Å². The van der Waals surface area contributed by atoms with Gasteiger partial charge in [-0.2, -0.15) is 15.0 Å². The van der Waals surface area contributed by atoms with Gasteiger partial charge in [0.15, 0.2) is 0 Å². The van der Waals surface area contributed by atoms with Crippen LogP contribution in [0.15, 0.2) is 24.3 Å². The zero-order valence-corrected chi connectivity index (χ0v) is 10.7. The number of esters is 1. The van der Waals surface area contributed by atoms with Gasteiger partial charge in [-0.15, -0.1) is 0 Å². The van der Waals surface area contributed by atoms with E-state index in [0.29, 0.717) is 19.4 Å². The van der Waals surface area contributed by atoms with Crippen LogP contribution in [0.1, 0.15) is 32.7 Å². The lowest BCUT2D eigenvalue weighted by Crippen LogP contribution is -2.12. The zero-order chi connectivity index (χ0) is 13.0. The summed E-state index contributed by atoms with van der Waals surface area (Å²) in [6, 6.07) is 7.81. The molecule has 5 heteroatoms. The molecular formula is C13H17N3O2. The average Bonchev–Trinajstić information content (AvgIpc) is 2.80. The van der Waals surface area contributed by atoms with Crippen LogP contribution in [0, 0.1) is 0 Å². The number of benzene rings is 1. The van der Waals surface area contributed by atoms with Gasteiger partial charge in [0.05, 0.1) is 12.6 Å². The Labute approximate surface area is 106 Å². The lowest BCUT2D eigenvalue weighted by molar-refractivity contribution is -0.143. The smallest absolute Gasteiger partial charge is 0.305 e. The zero-order valence-electron chi connectivity index (χ0n) is 10.7. The Morgan fingerprint density at radius 2 is 1.94 bits per heavy atom. The van der Waals surface area contributed by atoms with Crippen LogP contribution in [0.5, 0.6) is 0 Å². The highest BCUT2D eigenvalue weighted by Gasteiger charge is 2.11. The predicted octanol–water partition coefficient (Wildman–Crippen LogP) is 2.34. The van der Waals surface area contributed by atoms with E-state index in [-0.39, 0.29) is 12.0 Å². The van der Waals surface area contributed by atoms with E-state index in [1.807, 2.05) is 38.1 Å². The molecule has 0 saturated heterocycles. The first-order valence-corrected chi connectivity index (χ1v) is 6.18. The van der Waals surface area contributed by atoms with Crippen LogP contribution in [-0.4, -0.2) is 27.6 Å². The van der Waals surface area contributed by atoms with Crippen molar-refractivity contribution >= 4 is 17.0 Å². The number of carbonyl (C=O) groups is 1. The van der Waals surface area contributed by atoms with E-state index in [2.05, 4.69) is 10.2 Å². The van der Waals surface area contributed by atoms with E-state index in [4.69, 9.17) is 4.74 Å². The van der Waals surface area contributed by atoms with Crippen molar-refractivity contribution in [3.05, 3.63) is 24.3 Å². The molecule has 0 aliphatic rings. The Kier molecular flexibility index (Phi) is 3.92. The van der Waals surface area contributed by atoms with Gasteiger partial charge in [-0.25, -0.2) is 0 Å². The standard InChI is InChI=1S/C13H17N3O2/c1-3-18-13(17)9-8-10(2)16-14-11-6-4-5-7-12(11)15-16/h4-7,10H,3,8-9H2,1-2H3. The van der Waals surface area contributed by atoms with Gasteiger partial charge in [0.25, 0.3) is 0 Å². The maximum Gasteiger partial charge on any atom is 0.305 e. The number of nitrogens with zero attached hydrogens (tertiary/aromatic N) is 3. The highest BCUT2D eigenvalue weighted by Crippen LogP contribution is 2.15. The quantitative estimate of drug-likeness (QED) is 0.761. The van der Waals surface area contributed by atoms with Gasteiger partial charge in [0, 0.05) is 6.42 Å². The van der Waals surface area contributed by atoms with Crippen LogP contribution in [0.3, 0.4) is 0 Å². The van der Waals surface area contributed by atoms with Gasteiger partial charge in [-0.05, 0) is 32.4 Å². The van der Waals surface area contributed by atoms with Crippen molar-refractivity contribution in [3.8, 4) is 0 Å². The third-order valence-corrected chi connectivity index (χ3v) is 2.77. The average molecular weight is 247 g/mol. The third-order valence-electron chi connectivity index (χ3n) is 2.77. The van der Waals surface area contributed by atoms with Crippen LogP contribution in [0.25, 0.3) is 11.0 Å². The number of aromatic nitrogens is 3. The largest absolute Gasteiger partial charge is 0.466 e. The fourth-order valence-electron chi connectivity index (χ4n) is 1.75. The molecule has 0 N–H and O–H groups in total. The maximum atomic E-state index is 11.3. The van der Waals surface area contributed by atoms with Crippen molar-refractivity contribution in [2.45, 2.75) is 32.7 Å². The lowest BCUT2D eigenvalue weighted by Gasteiger charge is -2.09. The molecule has 5 nitrogen and oxygen atoms in total. The molecule has 96 valence electrons. The fraction of sp³-hybridized carbons (Fsp3) is 0.462. The molecule has 2 rings (SSSR count). The molecule has 1 aromatic heterocycles. The van der Waals surface area contributed by atoms with E-state index < -0.39 is 0 Å². The second-order valence-corrected chi connectivity index (χ2v) is 4.20. The van der Waals surface area contributed by atoms with Crippen LogP contribution in [0.2, 0.25) is 0 Å². The molecule has 0 radical (unpaired) electrons. The molecule has 0 aliphatic heterocycles. The second-order valence-electron chi connectivity index (χ2n) is 4.20. The monoisotopic (exact) mass is 247 g/mol. The number of hydrogen-bond donors (Lipinski definition) is 0. The molecule has 1 atom stereocenters.